The van der Waals surface area contributed by atoms with Gasteiger partial charge >= 0.3 is 5.97 Å². The van der Waals surface area contributed by atoms with Crippen molar-refractivity contribution < 1.29 is 28.8 Å². The summed E-state index contributed by atoms with van der Waals surface area (Å²) in [6.07, 6.45) is 1.87. The van der Waals surface area contributed by atoms with Crippen LogP contribution < -0.4 is 0 Å². The molecule has 0 aliphatic carbocycles. The first-order valence-corrected chi connectivity index (χ1v) is 11.3. The van der Waals surface area contributed by atoms with Gasteiger partial charge in [-0.25, -0.2) is 4.79 Å². The van der Waals surface area contributed by atoms with Crippen molar-refractivity contribution in [2.45, 2.75) is 67.2 Å². The number of hydrogen-bond donors (Lipinski definition) is 0. The van der Waals surface area contributed by atoms with Crippen LogP contribution in [0.25, 0.3) is 0 Å². The van der Waals surface area contributed by atoms with Gasteiger partial charge in [-0.1, -0.05) is 36.7 Å². The Morgan fingerprint density at radius 1 is 0.933 bits per heavy atom. The second-order valence-electron chi connectivity index (χ2n) is 9.61. The van der Waals surface area contributed by atoms with Gasteiger partial charge in [0.15, 0.2) is 0 Å². The van der Waals surface area contributed by atoms with Crippen molar-refractivity contribution in [3.63, 3.8) is 0 Å². The fourth-order valence-corrected chi connectivity index (χ4v) is 3.32. The van der Waals surface area contributed by atoms with Gasteiger partial charge in [-0.3, -0.25) is 19.2 Å². The van der Waals surface area contributed by atoms with Gasteiger partial charge in [-0.2, -0.15) is 0 Å². The summed E-state index contributed by atoms with van der Waals surface area (Å²) in [7, 11) is 0. The molecule has 0 spiro atoms. The number of imide groups is 1. The molecular formula is C21H33BrN2O6. The number of amides is 3. The summed E-state index contributed by atoms with van der Waals surface area (Å²) in [6, 6.07) is 0. The molecule has 2 saturated heterocycles. The van der Waals surface area contributed by atoms with Crippen LogP contribution in [-0.2, 0) is 28.8 Å². The van der Waals surface area contributed by atoms with Gasteiger partial charge in [0.05, 0.1) is 10.7 Å². The molecule has 8 nitrogen and oxygen atoms in total. The second kappa shape index (κ2) is 10.5. The van der Waals surface area contributed by atoms with Crippen LogP contribution in [0.3, 0.4) is 0 Å². The SMILES string of the molecule is CC(C)(C)C(=O)C1CCN(C(=O)CBr)CC1.CC(C)(C)C(=O)ON1C(=O)CCC1=O. The molecule has 2 fully saturated rings. The summed E-state index contributed by atoms with van der Waals surface area (Å²) in [4.78, 5) is 63.5. The highest BCUT2D eigenvalue weighted by molar-refractivity contribution is 9.09. The molecule has 0 N–H and O–H groups in total. The molecule has 0 atom stereocenters. The lowest BCUT2D eigenvalue weighted by atomic mass is 9.79. The summed E-state index contributed by atoms with van der Waals surface area (Å²) in [5.74, 6) is -0.888. The van der Waals surface area contributed by atoms with E-state index in [1.54, 1.807) is 20.8 Å². The summed E-state index contributed by atoms with van der Waals surface area (Å²) >= 11 is 3.17. The normalized spacial score (nSPS) is 18.1. The van der Waals surface area contributed by atoms with Gasteiger partial charge in [0.25, 0.3) is 11.8 Å². The third-order valence-electron chi connectivity index (χ3n) is 4.86. The van der Waals surface area contributed by atoms with Gasteiger partial charge in [0.2, 0.25) is 5.91 Å². The number of carbonyl (C=O) groups is 5. The van der Waals surface area contributed by atoms with Gasteiger partial charge in [-0.15, -0.1) is 5.06 Å². The molecule has 170 valence electrons. The number of halogens is 1. The number of hydrogen-bond acceptors (Lipinski definition) is 6. The Morgan fingerprint density at radius 2 is 1.40 bits per heavy atom. The Balaban J connectivity index is 0.000000303. The van der Waals surface area contributed by atoms with Crippen LogP contribution in [0.4, 0.5) is 0 Å². The van der Waals surface area contributed by atoms with Crippen LogP contribution in [-0.4, -0.2) is 57.9 Å². The van der Waals surface area contributed by atoms with Crippen molar-refractivity contribution in [1.29, 1.82) is 0 Å². The topological polar surface area (TPSA) is 101 Å². The van der Waals surface area contributed by atoms with Crippen molar-refractivity contribution in [3.8, 4) is 0 Å². The van der Waals surface area contributed by atoms with Crippen molar-refractivity contribution in [1.82, 2.24) is 9.96 Å². The van der Waals surface area contributed by atoms with Crippen LogP contribution in [0.2, 0.25) is 0 Å². The number of nitrogens with zero attached hydrogens (tertiary/aromatic N) is 2. The van der Waals surface area contributed by atoms with Crippen molar-refractivity contribution in [3.05, 3.63) is 0 Å². The Morgan fingerprint density at radius 3 is 1.77 bits per heavy atom. The van der Waals surface area contributed by atoms with Crippen LogP contribution >= 0.6 is 15.9 Å². The maximum Gasteiger partial charge on any atom is 0.338 e. The van der Waals surface area contributed by atoms with E-state index in [9.17, 15) is 24.0 Å². The van der Waals surface area contributed by atoms with E-state index in [4.69, 9.17) is 4.84 Å². The van der Waals surface area contributed by atoms with Gasteiger partial charge in [0, 0.05) is 37.3 Å². The Hall–Kier alpha value is -1.77. The predicted octanol–water partition coefficient (Wildman–Crippen LogP) is 2.87. The predicted molar refractivity (Wildman–Crippen MR) is 114 cm³/mol. The van der Waals surface area contributed by atoms with E-state index in [-0.39, 0.29) is 30.1 Å². The Bertz CT molecular complexity index is 669. The fourth-order valence-electron chi connectivity index (χ4n) is 2.97. The minimum atomic E-state index is -0.719. The lowest BCUT2D eigenvalue weighted by Crippen LogP contribution is -2.42. The first-order valence-electron chi connectivity index (χ1n) is 10.1. The van der Waals surface area contributed by atoms with E-state index in [0.717, 1.165) is 25.9 Å². The number of likely N-dealkylation sites (tertiary alicyclic amines) is 1. The molecule has 0 aromatic carbocycles. The van der Waals surface area contributed by atoms with Crippen LogP contribution in [0.1, 0.15) is 67.2 Å². The molecule has 0 aromatic heterocycles. The molecule has 2 aliphatic heterocycles. The van der Waals surface area contributed by atoms with E-state index >= 15 is 0 Å². The Labute approximate surface area is 186 Å². The largest absolute Gasteiger partial charge is 0.342 e. The fraction of sp³-hybridized carbons (Fsp3) is 0.762. The summed E-state index contributed by atoms with van der Waals surface area (Å²) < 4.78 is 0. The van der Waals surface area contributed by atoms with Crippen LogP contribution in [0, 0.1) is 16.7 Å². The summed E-state index contributed by atoms with van der Waals surface area (Å²) in [6.45, 7) is 12.3. The quantitative estimate of drug-likeness (QED) is 0.447. The first kappa shape index (κ1) is 26.3. The zero-order valence-corrected chi connectivity index (χ0v) is 20.3. The minimum Gasteiger partial charge on any atom is -0.342 e. The first-order chi connectivity index (χ1) is 13.7. The molecule has 9 heteroatoms. The van der Waals surface area contributed by atoms with E-state index in [2.05, 4.69) is 15.9 Å². The van der Waals surface area contributed by atoms with Crippen LogP contribution in [0.5, 0.6) is 0 Å². The molecule has 2 rings (SSSR count). The highest BCUT2D eigenvalue weighted by Crippen LogP contribution is 2.27. The maximum atomic E-state index is 12.1. The average Bonchev–Trinajstić information content (AvgIpc) is 2.98. The summed E-state index contributed by atoms with van der Waals surface area (Å²) in [5, 5.41) is 0.943. The molecule has 0 radical (unpaired) electrons. The third kappa shape index (κ3) is 7.49. The van der Waals surface area contributed by atoms with Crippen molar-refractivity contribution in [2.24, 2.45) is 16.7 Å². The smallest absolute Gasteiger partial charge is 0.338 e. The van der Waals surface area contributed by atoms with E-state index in [1.165, 1.54) is 0 Å². The third-order valence-corrected chi connectivity index (χ3v) is 5.34. The minimum absolute atomic E-state index is 0.121. The standard InChI is InChI=1S/C12H20BrNO2.C9H13NO4/c1-12(2,3)11(16)9-4-6-14(7-5-9)10(15)8-13;1-9(2,3)8(13)14-10-6(11)4-5-7(10)12/h9H,4-8H2,1-3H3;4-5H2,1-3H3. The zero-order valence-electron chi connectivity index (χ0n) is 18.7. The molecule has 0 aromatic rings. The molecule has 0 unspecified atom stereocenters. The lowest BCUT2D eigenvalue weighted by Gasteiger charge is -2.33. The lowest BCUT2D eigenvalue weighted by molar-refractivity contribution is -0.203. The molecule has 2 heterocycles. The zero-order chi connectivity index (χ0) is 23.3. The number of Topliss-reactive ketones (excluding diaryl/α,β-unsaturated/α-hetero) is 1. The summed E-state index contributed by atoms with van der Waals surface area (Å²) in [5.41, 5.74) is -0.977. The van der Waals surface area contributed by atoms with Gasteiger partial charge in [-0.05, 0) is 33.6 Å². The molecule has 2 aliphatic rings. The highest BCUT2D eigenvalue weighted by Gasteiger charge is 2.36. The van der Waals surface area contributed by atoms with E-state index in [0.29, 0.717) is 16.2 Å². The number of carbonyl (C=O) groups excluding carboxylic acids is 5. The number of rotatable bonds is 3. The van der Waals surface area contributed by atoms with E-state index in [1.807, 2.05) is 25.7 Å². The second-order valence-corrected chi connectivity index (χ2v) is 10.2. The van der Waals surface area contributed by atoms with Crippen LogP contribution in [0.15, 0.2) is 0 Å². The monoisotopic (exact) mass is 488 g/mol. The Kier molecular flexibility index (Phi) is 9.20. The van der Waals surface area contributed by atoms with Crippen molar-refractivity contribution in [2.75, 3.05) is 18.4 Å². The highest BCUT2D eigenvalue weighted by atomic mass is 79.9. The maximum absolute atomic E-state index is 12.1. The van der Waals surface area contributed by atoms with E-state index < -0.39 is 23.2 Å². The average molecular weight is 489 g/mol. The molecule has 0 bridgehead atoms. The van der Waals surface area contributed by atoms with Crippen molar-refractivity contribution >= 4 is 45.4 Å². The number of ketones is 1. The van der Waals surface area contributed by atoms with Gasteiger partial charge < -0.3 is 9.74 Å². The number of alkyl halides is 1. The molecule has 3 amide bonds. The molecule has 0 saturated carbocycles. The number of hydroxylamine groups is 2. The molecular weight excluding hydrogens is 456 g/mol. The number of piperidine rings is 1. The van der Waals surface area contributed by atoms with Gasteiger partial charge in [0.1, 0.15) is 5.78 Å². The molecule has 30 heavy (non-hydrogen) atoms.